The van der Waals surface area contributed by atoms with Gasteiger partial charge >= 0.3 is 0 Å². The van der Waals surface area contributed by atoms with Crippen molar-refractivity contribution in [3.05, 3.63) is 0 Å². The van der Waals surface area contributed by atoms with Crippen molar-refractivity contribution in [2.45, 2.75) is 65.2 Å². The van der Waals surface area contributed by atoms with Crippen LogP contribution >= 0.6 is 0 Å². The molecule has 1 aliphatic carbocycles. The first kappa shape index (κ1) is 14.9. The normalized spacial score (nSPS) is 25.4. The Morgan fingerprint density at radius 1 is 1.06 bits per heavy atom. The zero-order valence-corrected chi connectivity index (χ0v) is 11.7. The first-order valence-corrected chi connectivity index (χ1v) is 7.22. The predicted molar refractivity (Wildman–Crippen MR) is 71.1 cm³/mol. The maximum absolute atomic E-state index is 5.53. The molecule has 1 fully saturated rings. The van der Waals surface area contributed by atoms with Crippen molar-refractivity contribution in [1.82, 2.24) is 5.32 Å². The van der Waals surface area contributed by atoms with Crippen LogP contribution in [0.15, 0.2) is 0 Å². The molecule has 1 aliphatic rings. The van der Waals surface area contributed by atoms with Gasteiger partial charge in [-0.3, -0.25) is 0 Å². The van der Waals surface area contributed by atoms with Gasteiger partial charge in [0.25, 0.3) is 0 Å². The topological polar surface area (TPSA) is 30.5 Å². The van der Waals surface area contributed by atoms with Crippen LogP contribution in [-0.4, -0.2) is 32.1 Å². The van der Waals surface area contributed by atoms with Gasteiger partial charge in [-0.15, -0.1) is 0 Å². The van der Waals surface area contributed by atoms with E-state index in [1.54, 1.807) is 0 Å². The SMILES string of the molecule is CCOC(CCNC1CCC(C)CC1)OCC. The van der Waals surface area contributed by atoms with Crippen LogP contribution in [0.2, 0.25) is 0 Å². The summed E-state index contributed by atoms with van der Waals surface area (Å²) in [5.41, 5.74) is 0. The van der Waals surface area contributed by atoms with Crippen molar-refractivity contribution < 1.29 is 9.47 Å². The Morgan fingerprint density at radius 2 is 1.65 bits per heavy atom. The third-order valence-corrected chi connectivity index (χ3v) is 3.53. The Balaban J connectivity index is 2.08. The minimum atomic E-state index is -0.0278. The average molecular weight is 243 g/mol. The van der Waals surface area contributed by atoms with Crippen molar-refractivity contribution in [2.24, 2.45) is 5.92 Å². The lowest BCUT2D eigenvalue weighted by molar-refractivity contribution is -0.138. The summed E-state index contributed by atoms with van der Waals surface area (Å²) in [7, 11) is 0. The molecule has 1 rings (SSSR count). The second-order valence-corrected chi connectivity index (χ2v) is 5.04. The molecule has 3 nitrogen and oxygen atoms in total. The van der Waals surface area contributed by atoms with Crippen LogP contribution in [0.3, 0.4) is 0 Å². The van der Waals surface area contributed by atoms with E-state index in [0.29, 0.717) is 0 Å². The fraction of sp³-hybridized carbons (Fsp3) is 1.00. The smallest absolute Gasteiger partial charge is 0.158 e. The van der Waals surface area contributed by atoms with Crippen LogP contribution < -0.4 is 5.32 Å². The number of rotatable bonds is 8. The molecule has 102 valence electrons. The highest BCUT2D eigenvalue weighted by molar-refractivity contribution is 4.75. The van der Waals surface area contributed by atoms with Crippen LogP contribution in [0, 0.1) is 5.92 Å². The molecule has 0 aromatic heterocycles. The molecule has 0 aromatic carbocycles. The summed E-state index contributed by atoms with van der Waals surface area (Å²) >= 11 is 0. The number of hydrogen-bond acceptors (Lipinski definition) is 3. The van der Waals surface area contributed by atoms with Gasteiger partial charge in [0.05, 0.1) is 0 Å². The zero-order chi connectivity index (χ0) is 12.5. The zero-order valence-electron chi connectivity index (χ0n) is 11.7. The summed E-state index contributed by atoms with van der Waals surface area (Å²) < 4.78 is 11.1. The molecule has 3 heteroatoms. The molecule has 0 bridgehead atoms. The van der Waals surface area contributed by atoms with E-state index in [0.717, 1.165) is 38.1 Å². The highest BCUT2D eigenvalue weighted by Gasteiger charge is 2.17. The van der Waals surface area contributed by atoms with Crippen molar-refractivity contribution in [1.29, 1.82) is 0 Å². The van der Waals surface area contributed by atoms with Gasteiger partial charge in [0.2, 0.25) is 0 Å². The molecule has 0 saturated heterocycles. The van der Waals surface area contributed by atoms with Gasteiger partial charge in [-0.1, -0.05) is 6.92 Å². The molecule has 17 heavy (non-hydrogen) atoms. The Morgan fingerprint density at radius 3 is 2.18 bits per heavy atom. The molecule has 0 aromatic rings. The Kier molecular flexibility index (Phi) is 7.82. The number of ether oxygens (including phenoxy) is 2. The molecule has 0 spiro atoms. The Labute approximate surface area is 106 Å². The van der Waals surface area contributed by atoms with Crippen LogP contribution in [0.4, 0.5) is 0 Å². The Hall–Kier alpha value is -0.120. The standard InChI is InChI=1S/C14H29NO2/c1-4-16-14(17-5-2)10-11-15-13-8-6-12(3)7-9-13/h12-15H,4-11H2,1-3H3. The molecule has 1 saturated carbocycles. The van der Waals surface area contributed by atoms with Crippen molar-refractivity contribution >= 4 is 0 Å². The van der Waals surface area contributed by atoms with Gasteiger partial charge in [0.15, 0.2) is 6.29 Å². The van der Waals surface area contributed by atoms with E-state index in [-0.39, 0.29) is 6.29 Å². The molecule has 1 N–H and O–H groups in total. The first-order valence-electron chi connectivity index (χ1n) is 7.22. The monoisotopic (exact) mass is 243 g/mol. The van der Waals surface area contributed by atoms with Crippen molar-refractivity contribution in [3.63, 3.8) is 0 Å². The van der Waals surface area contributed by atoms with Gasteiger partial charge in [-0.05, 0) is 45.4 Å². The van der Waals surface area contributed by atoms with Crippen LogP contribution in [0.5, 0.6) is 0 Å². The maximum atomic E-state index is 5.53. The summed E-state index contributed by atoms with van der Waals surface area (Å²) in [6, 6.07) is 0.718. The highest BCUT2D eigenvalue weighted by atomic mass is 16.7. The van der Waals surface area contributed by atoms with Gasteiger partial charge in [-0.25, -0.2) is 0 Å². The molecule has 0 radical (unpaired) electrons. The molecular weight excluding hydrogens is 214 g/mol. The summed E-state index contributed by atoms with van der Waals surface area (Å²) in [5.74, 6) is 0.924. The first-order chi connectivity index (χ1) is 8.26. The summed E-state index contributed by atoms with van der Waals surface area (Å²) in [4.78, 5) is 0. The second kappa shape index (κ2) is 8.90. The minimum absolute atomic E-state index is 0.0278. The van der Waals surface area contributed by atoms with Gasteiger partial charge in [0, 0.05) is 32.2 Å². The molecule has 0 aliphatic heterocycles. The number of hydrogen-bond donors (Lipinski definition) is 1. The lowest BCUT2D eigenvalue weighted by Crippen LogP contribution is -2.35. The van der Waals surface area contributed by atoms with E-state index >= 15 is 0 Å². The maximum Gasteiger partial charge on any atom is 0.158 e. The van der Waals surface area contributed by atoms with E-state index in [1.165, 1.54) is 25.7 Å². The lowest BCUT2D eigenvalue weighted by Gasteiger charge is -2.27. The van der Waals surface area contributed by atoms with Crippen molar-refractivity contribution in [3.8, 4) is 0 Å². The Bertz CT molecular complexity index is 173. The molecule has 0 unspecified atom stereocenters. The van der Waals surface area contributed by atoms with E-state index in [9.17, 15) is 0 Å². The van der Waals surface area contributed by atoms with Gasteiger partial charge in [0.1, 0.15) is 0 Å². The largest absolute Gasteiger partial charge is 0.353 e. The highest BCUT2D eigenvalue weighted by Crippen LogP contribution is 2.23. The van der Waals surface area contributed by atoms with E-state index in [2.05, 4.69) is 12.2 Å². The molecule has 0 atom stereocenters. The van der Waals surface area contributed by atoms with E-state index < -0.39 is 0 Å². The average Bonchev–Trinajstić information content (AvgIpc) is 2.32. The molecule has 0 amide bonds. The van der Waals surface area contributed by atoms with Crippen LogP contribution in [-0.2, 0) is 9.47 Å². The summed E-state index contributed by atoms with van der Waals surface area (Å²) in [5, 5.41) is 3.63. The number of nitrogens with one attached hydrogen (secondary N) is 1. The second-order valence-electron chi connectivity index (χ2n) is 5.04. The van der Waals surface area contributed by atoms with E-state index in [4.69, 9.17) is 9.47 Å². The van der Waals surface area contributed by atoms with E-state index in [1.807, 2.05) is 13.8 Å². The summed E-state index contributed by atoms with van der Waals surface area (Å²) in [6.07, 6.45) is 6.33. The molecular formula is C14H29NO2. The quantitative estimate of drug-likeness (QED) is 0.665. The van der Waals surface area contributed by atoms with Gasteiger partial charge < -0.3 is 14.8 Å². The van der Waals surface area contributed by atoms with Crippen LogP contribution in [0.25, 0.3) is 0 Å². The lowest BCUT2D eigenvalue weighted by atomic mass is 9.87. The predicted octanol–water partition coefficient (Wildman–Crippen LogP) is 2.94. The van der Waals surface area contributed by atoms with Gasteiger partial charge in [-0.2, -0.15) is 0 Å². The minimum Gasteiger partial charge on any atom is -0.353 e. The third kappa shape index (κ3) is 6.39. The third-order valence-electron chi connectivity index (χ3n) is 3.53. The fourth-order valence-electron chi connectivity index (χ4n) is 2.46. The molecule has 0 heterocycles. The fourth-order valence-corrected chi connectivity index (χ4v) is 2.46. The van der Waals surface area contributed by atoms with Crippen LogP contribution in [0.1, 0.15) is 52.9 Å². The van der Waals surface area contributed by atoms with Crippen molar-refractivity contribution in [2.75, 3.05) is 19.8 Å². The summed E-state index contributed by atoms with van der Waals surface area (Å²) in [6.45, 7) is 8.85.